The van der Waals surface area contributed by atoms with Gasteiger partial charge < -0.3 is 10.2 Å². The Kier molecular flexibility index (Phi) is 6.49. The van der Waals surface area contributed by atoms with E-state index < -0.39 is 0 Å². The second-order valence-corrected chi connectivity index (χ2v) is 6.28. The number of carbonyl (C=O) groups excluding carboxylic acids is 2. The molecular weight excluding hydrogens is 371 g/mol. The average Bonchev–Trinajstić information content (AvgIpc) is 2.54. The Bertz CT molecular complexity index is 748. The largest absolute Gasteiger partial charge is 0.350 e. The van der Waals surface area contributed by atoms with Crippen LogP contribution in [0.25, 0.3) is 0 Å². The molecule has 0 bridgehead atoms. The van der Waals surface area contributed by atoms with Crippen molar-refractivity contribution in [2.75, 3.05) is 18.0 Å². The number of halogens is 3. The molecule has 2 aromatic carbocycles. The van der Waals surface area contributed by atoms with Crippen molar-refractivity contribution in [3.8, 4) is 0 Å². The van der Waals surface area contributed by atoms with E-state index in [2.05, 4.69) is 5.32 Å². The number of rotatable bonds is 5. The summed E-state index contributed by atoms with van der Waals surface area (Å²) in [6.45, 7) is 2.05. The minimum atomic E-state index is -0.232. The van der Waals surface area contributed by atoms with Crippen LogP contribution in [-0.4, -0.2) is 24.9 Å². The zero-order chi connectivity index (χ0) is 17.7. The first-order chi connectivity index (χ1) is 11.4. The van der Waals surface area contributed by atoms with Crippen molar-refractivity contribution < 1.29 is 9.59 Å². The summed E-state index contributed by atoms with van der Waals surface area (Å²) in [5.74, 6) is -0.390. The highest BCUT2D eigenvalue weighted by Gasteiger charge is 2.13. The molecule has 0 fully saturated rings. The van der Waals surface area contributed by atoms with Crippen LogP contribution in [0.4, 0.5) is 5.69 Å². The van der Waals surface area contributed by atoms with E-state index in [1.165, 1.54) is 11.8 Å². The molecule has 0 saturated heterocycles. The molecule has 0 aliphatic carbocycles. The van der Waals surface area contributed by atoms with Gasteiger partial charge in [0.2, 0.25) is 5.91 Å². The van der Waals surface area contributed by atoms with Gasteiger partial charge in [0.15, 0.2) is 0 Å². The van der Waals surface area contributed by atoms with Crippen LogP contribution in [-0.2, 0) is 4.79 Å². The summed E-state index contributed by atoms with van der Waals surface area (Å²) in [4.78, 5) is 25.4. The molecule has 0 heterocycles. The lowest BCUT2D eigenvalue weighted by molar-refractivity contribution is -0.116. The fourth-order valence-corrected chi connectivity index (χ4v) is 2.52. The number of hydrogen-bond donors (Lipinski definition) is 1. The molecule has 126 valence electrons. The summed E-state index contributed by atoms with van der Waals surface area (Å²) < 4.78 is 0. The van der Waals surface area contributed by atoms with Crippen LogP contribution in [0.5, 0.6) is 0 Å². The summed E-state index contributed by atoms with van der Waals surface area (Å²) in [5, 5.41) is 4.11. The highest BCUT2D eigenvalue weighted by molar-refractivity contribution is 6.42. The second-order valence-electron chi connectivity index (χ2n) is 5.03. The Balaban J connectivity index is 1.99. The van der Waals surface area contributed by atoms with Crippen LogP contribution < -0.4 is 10.2 Å². The van der Waals surface area contributed by atoms with E-state index in [9.17, 15) is 9.59 Å². The zero-order valence-corrected chi connectivity index (χ0v) is 15.1. The van der Waals surface area contributed by atoms with E-state index in [1.807, 2.05) is 0 Å². The SMILES string of the molecule is CC(=O)N(CCNC(=O)c1ccc(Cl)cc1)c1ccc(Cl)c(Cl)c1. The number of carbonyl (C=O) groups is 2. The molecule has 0 aliphatic heterocycles. The number of hydrogen-bond acceptors (Lipinski definition) is 2. The lowest BCUT2D eigenvalue weighted by atomic mass is 10.2. The lowest BCUT2D eigenvalue weighted by Gasteiger charge is -2.22. The molecule has 0 spiro atoms. The highest BCUT2D eigenvalue weighted by atomic mass is 35.5. The fraction of sp³-hybridized carbons (Fsp3) is 0.176. The normalized spacial score (nSPS) is 10.3. The predicted octanol–water partition coefficient (Wildman–Crippen LogP) is 4.43. The van der Waals surface area contributed by atoms with Gasteiger partial charge in [0.1, 0.15) is 0 Å². The Labute approximate surface area is 155 Å². The topological polar surface area (TPSA) is 49.4 Å². The van der Waals surface area contributed by atoms with Gasteiger partial charge in [-0.3, -0.25) is 9.59 Å². The fourth-order valence-electron chi connectivity index (χ4n) is 2.11. The summed E-state index contributed by atoms with van der Waals surface area (Å²) in [6, 6.07) is 11.5. The van der Waals surface area contributed by atoms with Crippen molar-refractivity contribution in [2.45, 2.75) is 6.92 Å². The minimum absolute atomic E-state index is 0.158. The van der Waals surface area contributed by atoms with Crippen molar-refractivity contribution in [1.82, 2.24) is 5.32 Å². The third kappa shape index (κ3) is 4.87. The van der Waals surface area contributed by atoms with Gasteiger partial charge in [-0.05, 0) is 42.5 Å². The van der Waals surface area contributed by atoms with Crippen LogP contribution in [0.3, 0.4) is 0 Å². The van der Waals surface area contributed by atoms with Crippen molar-refractivity contribution in [3.63, 3.8) is 0 Å². The molecule has 2 aromatic rings. The van der Waals surface area contributed by atoms with Crippen LogP contribution in [0, 0.1) is 0 Å². The molecule has 4 nitrogen and oxygen atoms in total. The summed E-state index contributed by atoms with van der Waals surface area (Å²) in [7, 11) is 0. The van der Waals surface area contributed by atoms with Gasteiger partial charge in [-0.25, -0.2) is 0 Å². The van der Waals surface area contributed by atoms with E-state index in [0.29, 0.717) is 39.4 Å². The maximum absolute atomic E-state index is 12.0. The van der Waals surface area contributed by atoms with Crippen LogP contribution in [0.1, 0.15) is 17.3 Å². The number of benzene rings is 2. The van der Waals surface area contributed by atoms with Crippen molar-refractivity contribution in [3.05, 3.63) is 63.1 Å². The number of amides is 2. The molecule has 24 heavy (non-hydrogen) atoms. The third-order valence-corrected chi connectivity index (χ3v) is 4.31. The van der Waals surface area contributed by atoms with E-state index in [4.69, 9.17) is 34.8 Å². The standard InChI is InChI=1S/C17H15Cl3N2O2/c1-11(23)22(14-6-7-15(19)16(20)10-14)9-8-21-17(24)12-2-4-13(18)5-3-12/h2-7,10H,8-9H2,1H3,(H,21,24). The first-order valence-corrected chi connectivity index (χ1v) is 8.29. The quantitative estimate of drug-likeness (QED) is 0.827. The van der Waals surface area contributed by atoms with Gasteiger partial charge in [-0.15, -0.1) is 0 Å². The summed E-state index contributed by atoms with van der Waals surface area (Å²) in [5.41, 5.74) is 1.13. The summed E-state index contributed by atoms with van der Waals surface area (Å²) in [6.07, 6.45) is 0. The molecule has 0 aliphatic rings. The van der Waals surface area contributed by atoms with Crippen LogP contribution in [0.2, 0.25) is 15.1 Å². The zero-order valence-electron chi connectivity index (χ0n) is 12.9. The Morgan fingerprint density at radius 2 is 1.67 bits per heavy atom. The van der Waals surface area contributed by atoms with Gasteiger partial charge in [-0.1, -0.05) is 34.8 Å². The first kappa shape index (κ1) is 18.6. The van der Waals surface area contributed by atoms with Crippen LogP contribution >= 0.6 is 34.8 Å². The van der Waals surface area contributed by atoms with Crippen molar-refractivity contribution in [2.24, 2.45) is 0 Å². The molecule has 0 aromatic heterocycles. The van der Waals surface area contributed by atoms with Crippen LogP contribution in [0.15, 0.2) is 42.5 Å². The molecule has 0 saturated carbocycles. The van der Waals surface area contributed by atoms with Gasteiger partial charge >= 0.3 is 0 Å². The molecule has 2 amide bonds. The molecule has 2 rings (SSSR count). The van der Waals surface area contributed by atoms with Gasteiger partial charge in [0.05, 0.1) is 10.0 Å². The number of anilines is 1. The molecule has 1 N–H and O–H groups in total. The lowest BCUT2D eigenvalue weighted by Crippen LogP contribution is -2.37. The highest BCUT2D eigenvalue weighted by Crippen LogP contribution is 2.27. The van der Waals surface area contributed by atoms with Crippen molar-refractivity contribution >= 4 is 52.3 Å². The first-order valence-electron chi connectivity index (χ1n) is 7.15. The van der Waals surface area contributed by atoms with Gasteiger partial charge in [0.25, 0.3) is 5.91 Å². The Morgan fingerprint density at radius 1 is 1.00 bits per heavy atom. The third-order valence-electron chi connectivity index (χ3n) is 3.32. The molecule has 0 radical (unpaired) electrons. The molecule has 0 atom stereocenters. The predicted molar refractivity (Wildman–Crippen MR) is 98.3 cm³/mol. The van der Waals surface area contributed by atoms with E-state index >= 15 is 0 Å². The smallest absolute Gasteiger partial charge is 0.251 e. The molecular formula is C17H15Cl3N2O2. The summed E-state index contributed by atoms with van der Waals surface area (Å²) >= 11 is 17.7. The number of nitrogens with zero attached hydrogens (tertiary/aromatic N) is 1. The van der Waals surface area contributed by atoms with E-state index in [1.54, 1.807) is 42.5 Å². The van der Waals surface area contributed by atoms with Crippen molar-refractivity contribution in [1.29, 1.82) is 0 Å². The molecule has 7 heteroatoms. The van der Waals surface area contributed by atoms with E-state index in [0.717, 1.165) is 0 Å². The van der Waals surface area contributed by atoms with Gasteiger partial charge in [0, 0.05) is 36.3 Å². The van der Waals surface area contributed by atoms with Gasteiger partial charge in [-0.2, -0.15) is 0 Å². The monoisotopic (exact) mass is 384 g/mol. The average molecular weight is 386 g/mol. The Hall–Kier alpha value is -1.75. The maximum Gasteiger partial charge on any atom is 0.251 e. The Morgan fingerprint density at radius 3 is 2.25 bits per heavy atom. The van der Waals surface area contributed by atoms with E-state index in [-0.39, 0.29) is 11.8 Å². The second kappa shape index (κ2) is 8.38. The maximum atomic E-state index is 12.0. The number of nitrogens with one attached hydrogen (secondary N) is 1. The minimum Gasteiger partial charge on any atom is -0.350 e. The molecule has 0 unspecified atom stereocenters.